The fourth-order valence-corrected chi connectivity index (χ4v) is 4.71. The summed E-state index contributed by atoms with van der Waals surface area (Å²) in [5.74, 6) is 0.775. The van der Waals surface area contributed by atoms with E-state index in [9.17, 15) is 8.42 Å². The minimum atomic E-state index is -3.51. The van der Waals surface area contributed by atoms with Crippen LogP contribution >= 0.6 is 0 Å². The van der Waals surface area contributed by atoms with Crippen molar-refractivity contribution in [3.63, 3.8) is 0 Å². The average molecular weight is 353 g/mol. The van der Waals surface area contributed by atoms with Gasteiger partial charge < -0.3 is 9.64 Å². The molecule has 134 valence electrons. The van der Waals surface area contributed by atoms with Crippen molar-refractivity contribution in [3.8, 4) is 5.75 Å². The number of nitrogens with one attached hydrogen (secondary N) is 1. The standard InChI is InChI=1S/C17H27N3O3S/c1-13-5-6-14-15(12-17(2,3)23-16(14)11-13)18-24(21,22)20-9-7-19(4)8-10-20/h5-6,11,15,18H,7-10,12H2,1-4H3/t15-/m0/s1. The summed E-state index contributed by atoms with van der Waals surface area (Å²) in [5, 5.41) is 0. The maximum absolute atomic E-state index is 12.8. The second-order valence-electron chi connectivity index (χ2n) is 7.48. The highest BCUT2D eigenvalue weighted by molar-refractivity contribution is 7.87. The third-order valence-corrected chi connectivity index (χ3v) is 6.35. The molecule has 0 spiro atoms. The molecule has 2 aliphatic rings. The number of aryl methyl sites for hydroxylation is 1. The van der Waals surface area contributed by atoms with Crippen molar-refractivity contribution in [3.05, 3.63) is 29.3 Å². The van der Waals surface area contributed by atoms with Gasteiger partial charge in [-0.05, 0) is 39.4 Å². The van der Waals surface area contributed by atoms with Gasteiger partial charge in [0.1, 0.15) is 11.4 Å². The zero-order valence-electron chi connectivity index (χ0n) is 14.9. The van der Waals surface area contributed by atoms with Gasteiger partial charge in [-0.25, -0.2) is 0 Å². The molecule has 7 heteroatoms. The van der Waals surface area contributed by atoms with Gasteiger partial charge in [-0.1, -0.05) is 12.1 Å². The minimum absolute atomic E-state index is 0.269. The molecule has 6 nitrogen and oxygen atoms in total. The lowest BCUT2D eigenvalue weighted by atomic mass is 9.90. The van der Waals surface area contributed by atoms with E-state index in [1.807, 2.05) is 46.0 Å². The van der Waals surface area contributed by atoms with Crippen LogP contribution < -0.4 is 9.46 Å². The van der Waals surface area contributed by atoms with Crippen LogP contribution in [0.5, 0.6) is 5.75 Å². The van der Waals surface area contributed by atoms with Gasteiger partial charge in [0.15, 0.2) is 0 Å². The number of likely N-dealkylation sites (N-methyl/N-ethyl adjacent to an activating group) is 1. The van der Waals surface area contributed by atoms with Crippen LogP contribution in [0, 0.1) is 6.92 Å². The molecule has 2 aliphatic heterocycles. The summed E-state index contributed by atoms with van der Waals surface area (Å²) >= 11 is 0. The number of benzene rings is 1. The smallest absolute Gasteiger partial charge is 0.280 e. The predicted molar refractivity (Wildman–Crippen MR) is 94.4 cm³/mol. The van der Waals surface area contributed by atoms with Gasteiger partial charge in [-0.15, -0.1) is 0 Å². The molecule has 1 N–H and O–H groups in total. The van der Waals surface area contributed by atoms with Crippen molar-refractivity contribution in [2.24, 2.45) is 0 Å². The van der Waals surface area contributed by atoms with Crippen molar-refractivity contribution < 1.29 is 13.2 Å². The van der Waals surface area contributed by atoms with Crippen LogP contribution in [-0.4, -0.2) is 56.5 Å². The zero-order chi connectivity index (χ0) is 17.5. The number of hydrogen-bond donors (Lipinski definition) is 1. The molecule has 1 fully saturated rings. The molecule has 0 saturated carbocycles. The fourth-order valence-electron chi connectivity index (χ4n) is 3.35. The van der Waals surface area contributed by atoms with E-state index < -0.39 is 15.8 Å². The first kappa shape index (κ1) is 17.7. The van der Waals surface area contributed by atoms with Crippen molar-refractivity contribution in [1.82, 2.24) is 13.9 Å². The Labute approximate surface area is 145 Å². The van der Waals surface area contributed by atoms with Crippen molar-refractivity contribution in [1.29, 1.82) is 0 Å². The summed E-state index contributed by atoms with van der Waals surface area (Å²) in [6.07, 6.45) is 0.607. The third-order valence-electron chi connectivity index (χ3n) is 4.72. The molecule has 1 aromatic rings. The molecule has 24 heavy (non-hydrogen) atoms. The molecule has 2 heterocycles. The largest absolute Gasteiger partial charge is 0.487 e. The Kier molecular flexibility index (Phi) is 4.63. The van der Waals surface area contributed by atoms with Crippen molar-refractivity contribution >= 4 is 10.2 Å². The lowest BCUT2D eigenvalue weighted by molar-refractivity contribution is 0.0697. The summed E-state index contributed by atoms with van der Waals surface area (Å²) in [6, 6.07) is 5.68. The average Bonchev–Trinajstić information content (AvgIpc) is 2.45. The lowest BCUT2D eigenvalue weighted by Crippen LogP contribution is -2.52. The Hall–Kier alpha value is -1.15. The molecule has 0 radical (unpaired) electrons. The maximum atomic E-state index is 12.8. The molecule has 0 bridgehead atoms. The first-order valence-corrected chi connectivity index (χ1v) is 9.86. The van der Waals surface area contributed by atoms with Crippen LogP contribution in [0.3, 0.4) is 0 Å². The summed E-state index contributed by atoms with van der Waals surface area (Å²) in [4.78, 5) is 2.14. The van der Waals surface area contributed by atoms with Crippen LogP contribution in [-0.2, 0) is 10.2 Å². The van der Waals surface area contributed by atoms with E-state index in [1.165, 1.54) is 0 Å². The Balaban J connectivity index is 1.84. The van der Waals surface area contributed by atoms with Crippen LogP contribution in [0.4, 0.5) is 0 Å². The van der Waals surface area contributed by atoms with Gasteiger partial charge in [-0.2, -0.15) is 17.4 Å². The van der Waals surface area contributed by atoms with Gasteiger partial charge in [0, 0.05) is 38.2 Å². The Morgan fingerprint density at radius 3 is 2.54 bits per heavy atom. The Bertz CT molecular complexity index is 710. The van der Waals surface area contributed by atoms with E-state index in [0.717, 1.165) is 30.0 Å². The minimum Gasteiger partial charge on any atom is -0.487 e. The summed E-state index contributed by atoms with van der Waals surface area (Å²) in [5.41, 5.74) is 1.61. The maximum Gasteiger partial charge on any atom is 0.280 e. The highest BCUT2D eigenvalue weighted by atomic mass is 32.2. The molecule has 0 unspecified atom stereocenters. The molecular formula is C17H27N3O3S. The van der Waals surface area contributed by atoms with Crippen LogP contribution in [0.2, 0.25) is 0 Å². The topological polar surface area (TPSA) is 61.9 Å². The van der Waals surface area contributed by atoms with Crippen molar-refractivity contribution in [2.45, 2.75) is 38.8 Å². The monoisotopic (exact) mass is 353 g/mol. The van der Waals surface area contributed by atoms with Gasteiger partial charge in [0.05, 0.1) is 6.04 Å². The number of ether oxygens (including phenoxy) is 1. The third kappa shape index (κ3) is 3.74. The Morgan fingerprint density at radius 2 is 1.88 bits per heavy atom. The van der Waals surface area contributed by atoms with Crippen molar-refractivity contribution in [2.75, 3.05) is 33.2 Å². The van der Waals surface area contributed by atoms with E-state index in [0.29, 0.717) is 19.5 Å². The number of rotatable bonds is 3. The molecule has 0 amide bonds. The highest BCUT2D eigenvalue weighted by Gasteiger charge is 2.37. The first-order valence-electron chi connectivity index (χ1n) is 8.42. The molecule has 3 rings (SSSR count). The van der Waals surface area contributed by atoms with E-state index in [4.69, 9.17) is 4.74 Å². The normalized spacial score (nSPS) is 25.1. The van der Waals surface area contributed by atoms with Gasteiger partial charge in [-0.3, -0.25) is 0 Å². The van der Waals surface area contributed by atoms with E-state index in [2.05, 4.69) is 9.62 Å². The van der Waals surface area contributed by atoms with E-state index in [-0.39, 0.29) is 6.04 Å². The number of hydrogen-bond acceptors (Lipinski definition) is 4. The highest BCUT2D eigenvalue weighted by Crippen LogP contribution is 2.40. The molecule has 1 aromatic carbocycles. The SMILES string of the molecule is Cc1ccc2c(c1)OC(C)(C)C[C@@H]2NS(=O)(=O)N1CCN(C)CC1. The number of fused-ring (bicyclic) bond motifs is 1. The second-order valence-corrected chi connectivity index (χ2v) is 9.19. The van der Waals surface area contributed by atoms with Gasteiger partial charge >= 0.3 is 0 Å². The zero-order valence-corrected chi connectivity index (χ0v) is 15.7. The molecule has 0 aromatic heterocycles. The fraction of sp³-hybridized carbons (Fsp3) is 0.647. The molecule has 1 saturated heterocycles. The molecule has 0 aliphatic carbocycles. The quantitative estimate of drug-likeness (QED) is 0.898. The molecule has 1 atom stereocenters. The van der Waals surface area contributed by atoms with Crippen LogP contribution in [0.15, 0.2) is 18.2 Å². The Morgan fingerprint density at radius 1 is 1.21 bits per heavy atom. The number of piperazine rings is 1. The number of nitrogens with zero attached hydrogens (tertiary/aromatic N) is 2. The summed E-state index contributed by atoms with van der Waals surface area (Å²) in [6.45, 7) is 8.57. The summed E-state index contributed by atoms with van der Waals surface area (Å²) < 4.78 is 36.1. The second kappa shape index (κ2) is 6.29. The molecular weight excluding hydrogens is 326 g/mol. The van der Waals surface area contributed by atoms with Crippen LogP contribution in [0.1, 0.15) is 37.4 Å². The van der Waals surface area contributed by atoms with Gasteiger partial charge in [0.25, 0.3) is 10.2 Å². The first-order chi connectivity index (χ1) is 11.2. The van der Waals surface area contributed by atoms with Crippen LogP contribution in [0.25, 0.3) is 0 Å². The lowest BCUT2D eigenvalue weighted by Gasteiger charge is -2.39. The van der Waals surface area contributed by atoms with E-state index in [1.54, 1.807) is 4.31 Å². The van der Waals surface area contributed by atoms with Gasteiger partial charge in [0.2, 0.25) is 0 Å². The predicted octanol–water partition coefficient (Wildman–Crippen LogP) is 1.68. The summed E-state index contributed by atoms with van der Waals surface area (Å²) in [7, 11) is -1.50. The van der Waals surface area contributed by atoms with E-state index >= 15 is 0 Å².